The first kappa shape index (κ1) is 18.1. The Balaban J connectivity index is 1.67. The summed E-state index contributed by atoms with van der Waals surface area (Å²) in [6, 6.07) is 16.1. The van der Waals surface area contributed by atoms with Crippen LogP contribution < -0.4 is 4.74 Å². The summed E-state index contributed by atoms with van der Waals surface area (Å²) in [5, 5.41) is 0. The molecule has 1 aliphatic heterocycles. The highest BCUT2D eigenvalue weighted by Crippen LogP contribution is 2.24. The largest absolute Gasteiger partial charge is 0.434 e. The maximum Gasteiger partial charge on any atom is 0.387 e. The standard InChI is InChI=1S/C20H19F2NO3/c21-20(22)26-17-9-5-4-8-16(17)10-11-19(24)23-12-13-25-18(14-23)15-6-2-1-3-7-15/h1-11,18,20H,12-14H2/b11-10+. The molecule has 1 atom stereocenters. The van der Waals surface area contributed by atoms with Crippen molar-refractivity contribution in [1.82, 2.24) is 4.90 Å². The lowest BCUT2D eigenvalue weighted by atomic mass is 10.1. The fraction of sp³-hybridized carbons (Fsp3) is 0.250. The molecule has 1 fully saturated rings. The summed E-state index contributed by atoms with van der Waals surface area (Å²) >= 11 is 0. The van der Waals surface area contributed by atoms with E-state index in [9.17, 15) is 13.6 Å². The summed E-state index contributed by atoms with van der Waals surface area (Å²) in [5.74, 6) is -0.156. The van der Waals surface area contributed by atoms with Crippen molar-refractivity contribution >= 4 is 12.0 Å². The predicted molar refractivity (Wildman–Crippen MR) is 93.8 cm³/mol. The molecule has 1 amide bonds. The lowest BCUT2D eigenvalue weighted by Gasteiger charge is -2.32. The van der Waals surface area contributed by atoms with Crippen LogP contribution in [0.25, 0.3) is 6.08 Å². The summed E-state index contributed by atoms with van der Waals surface area (Å²) < 4.78 is 35.1. The Kier molecular flexibility index (Phi) is 5.96. The van der Waals surface area contributed by atoms with Gasteiger partial charge in [-0.05, 0) is 17.7 Å². The lowest BCUT2D eigenvalue weighted by molar-refractivity contribution is -0.133. The van der Waals surface area contributed by atoms with Crippen LogP contribution >= 0.6 is 0 Å². The minimum absolute atomic E-state index is 0.0377. The average molecular weight is 359 g/mol. The van der Waals surface area contributed by atoms with Crippen molar-refractivity contribution in [2.75, 3.05) is 19.7 Å². The smallest absolute Gasteiger partial charge is 0.387 e. The number of alkyl halides is 2. The van der Waals surface area contributed by atoms with Crippen LogP contribution in [0.4, 0.5) is 8.78 Å². The molecule has 2 aromatic rings. The van der Waals surface area contributed by atoms with E-state index < -0.39 is 6.61 Å². The number of para-hydroxylation sites is 1. The second-order valence-electron chi connectivity index (χ2n) is 5.80. The molecule has 0 saturated carbocycles. The molecule has 0 bridgehead atoms. The quantitative estimate of drug-likeness (QED) is 0.760. The maximum atomic E-state index is 12.5. The average Bonchev–Trinajstić information content (AvgIpc) is 2.67. The van der Waals surface area contributed by atoms with Gasteiger partial charge in [0.15, 0.2) is 0 Å². The van der Waals surface area contributed by atoms with E-state index in [0.717, 1.165) is 5.56 Å². The van der Waals surface area contributed by atoms with Gasteiger partial charge in [-0.2, -0.15) is 8.78 Å². The number of ether oxygens (including phenoxy) is 2. The van der Waals surface area contributed by atoms with Gasteiger partial charge in [0.1, 0.15) is 11.9 Å². The first-order valence-corrected chi connectivity index (χ1v) is 8.31. The van der Waals surface area contributed by atoms with Crippen LogP contribution in [0.2, 0.25) is 0 Å². The number of rotatable bonds is 5. The molecule has 1 saturated heterocycles. The van der Waals surface area contributed by atoms with Crippen LogP contribution in [0.5, 0.6) is 5.75 Å². The Morgan fingerprint density at radius 2 is 1.88 bits per heavy atom. The lowest BCUT2D eigenvalue weighted by Crippen LogP contribution is -2.41. The molecule has 0 N–H and O–H groups in total. The molecular weight excluding hydrogens is 340 g/mol. The van der Waals surface area contributed by atoms with Crippen molar-refractivity contribution < 1.29 is 23.0 Å². The Bertz CT molecular complexity index is 765. The Morgan fingerprint density at radius 3 is 2.65 bits per heavy atom. The topological polar surface area (TPSA) is 38.8 Å². The first-order chi connectivity index (χ1) is 12.6. The van der Waals surface area contributed by atoms with Crippen LogP contribution in [0.15, 0.2) is 60.7 Å². The zero-order valence-corrected chi connectivity index (χ0v) is 14.1. The molecule has 1 aliphatic rings. The number of carbonyl (C=O) groups excluding carboxylic acids is 1. The van der Waals surface area contributed by atoms with Crippen LogP contribution in [0, 0.1) is 0 Å². The van der Waals surface area contributed by atoms with Gasteiger partial charge in [0.05, 0.1) is 13.2 Å². The third kappa shape index (κ3) is 4.67. The fourth-order valence-electron chi connectivity index (χ4n) is 2.81. The number of nitrogens with zero attached hydrogens (tertiary/aromatic N) is 1. The molecule has 1 heterocycles. The zero-order valence-electron chi connectivity index (χ0n) is 14.1. The van der Waals surface area contributed by atoms with E-state index in [1.165, 1.54) is 18.2 Å². The molecule has 0 radical (unpaired) electrons. The van der Waals surface area contributed by atoms with Gasteiger partial charge in [0.25, 0.3) is 0 Å². The monoisotopic (exact) mass is 359 g/mol. The Hall–Kier alpha value is -2.73. The molecule has 136 valence electrons. The molecule has 2 aromatic carbocycles. The van der Waals surface area contributed by atoms with E-state index in [4.69, 9.17) is 4.74 Å². The van der Waals surface area contributed by atoms with Crippen LogP contribution in [0.1, 0.15) is 17.2 Å². The summed E-state index contributed by atoms with van der Waals surface area (Å²) in [5.41, 5.74) is 1.44. The van der Waals surface area contributed by atoms with E-state index in [1.807, 2.05) is 30.3 Å². The minimum atomic E-state index is -2.91. The number of hydrogen-bond donors (Lipinski definition) is 0. The highest BCUT2D eigenvalue weighted by molar-refractivity contribution is 5.92. The Labute approximate surface area is 150 Å². The van der Waals surface area contributed by atoms with Crippen molar-refractivity contribution in [1.29, 1.82) is 0 Å². The molecule has 0 aliphatic carbocycles. The van der Waals surface area contributed by atoms with Crippen molar-refractivity contribution in [3.8, 4) is 5.75 Å². The van der Waals surface area contributed by atoms with E-state index in [1.54, 1.807) is 23.1 Å². The number of hydrogen-bond acceptors (Lipinski definition) is 3. The minimum Gasteiger partial charge on any atom is -0.434 e. The van der Waals surface area contributed by atoms with E-state index in [2.05, 4.69) is 4.74 Å². The van der Waals surface area contributed by atoms with Crippen molar-refractivity contribution in [3.05, 3.63) is 71.8 Å². The number of benzene rings is 2. The van der Waals surface area contributed by atoms with Crippen LogP contribution in [0.3, 0.4) is 0 Å². The van der Waals surface area contributed by atoms with Gasteiger partial charge in [0.2, 0.25) is 5.91 Å². The number of morpholine rings is 1. The molecule has 26 heavy (non-hydrogen) atoms. The summed E-state index contributed by atoms with van der Waals surface area (Å²) in [6.07, 6.45) is 2.70. The van der Waals surface area contributed by atoms with E-state index in [-0.39, 0.29) is 17.8 Å². The summed E-state index contributed by atoms with van der Waals surface area (Å²) in [4.78, 5) is 14.2. The third-order valence-electron chi connectivity index (χ3n) is 4.09. The molecule has 1 unspecified atom stereocenters. The SMILES string of the molecule is O=C(/C=C/c1ccccc1OC(F)F)N1CCOC(c2ccccc2)C1. The summed E-state index contributed by atoms with van der Waals surface area (Å²) in [7, 11) is 0. The van der Waals surface area contributed by atoms with Crippen LogP contribution in [-0.4, -0.2) is 37.1 Å². The van der Waals surface area contributed by atoms with Gasteiger partial charge in [-0.15, -0.1) is 0 Å². The number of halogens is 2. The van der Waals surface area contributed by atoms with Crippen molar-refractivity contribution in [3.63, 3.8) is 0 Å². The molecule has 3 rings (SSSR count). The van der Waals surface area contributed by atoms with Crippen LogP contribution in [-0.2, 0) is 9.53 Å². The van der Waals surface area contributed by atoms with Gasteiger partial charge in [-0.25, -0.2) is 0 Å². The number of amides is 1. The molecular formula is C20H19F2NO3. The second kappa shape index (κ2) is 8.58. The third-order valence-corrected chi connectivity index (χ3v) is 4.09. The highest BCUT2D eigenvalue weighted by Gasteiger charge is 2.24. The van der Waals surface area contributed by atoms with Gasteiger partial charge in [0, 0.05) is 18.2 Å². The van der Waals surface area contributed by atoms with Crippen molar-refractivity contribution in [2.45, 2.75) is 12.7 Å². The second-order valence-corrected chi connectivity index (χ2v) is 5.80. The van der Waals surface area contributed by atoms with Gasteiger partial charge >= 0.3 is 6.61 Å². The molecule has 6 heteroatoms. The molecule has 0 aromatic heterocycles. The normalized spacial score (nSPS) is 17.7. The van der Waals surface area contributed by atoms with E-state index >= 15 is 0 Å². The predicted octanol–water partition coefficient (Wildman–Crippen LogP) is 3.90. The van der Waals surface area contributed by atoms with Gasteiger partial charge < -0.3 is 14.4 Å². The van der Waals surface area contributed by atoms with E-state index in [0.29, 0.717) is 25.3 Å². The highest BCUT2D eigenvalue weighted by atomic mass is 19.3. The Morgan fingerprint density at radius 1 is 1.15 bits per heavy atom. The maximum absolute atomic E-state index is 12.5. The summed E-state index contributed by atoms with van der Waals surface area (Å²) in [6.45, 7) is -1.53. The number of carbonyl (C=O) groups is 1. The molecule has 4 nitrogen and oxygen atoms in total. The van der Waals surface area contributed by atoms with Gasteiger partial charge in [-0.1, -0.05) is 48.5 Å². The first-order valence-electron chi connectivity index (χ1n) is 8.31. The fourth-order valence-corrected chi connectivity index (χ4v) is 2.81. The van der Waals surface area contributed by atoms with Crippen molar-refractivity contribution in [2.24, 2.45) is 0 Å². The molecule has 0 spiro atoms. The zero-order chi connectivity index (χ0) is 18.4. The van der Waals surface area contributed by atoms with Gasteiger partial charge in [-0.3, -0.25) is 4.79 Å².